The van der Waals surface area contributed by atoms with Crippen molar-refractivity contribution in [1.82, 2.24) is 5.32 Å². The number of amides is 1. The Balaban J connectivity index is 2.26. The standard InChI is InChI=1S/C21H25IN2O5/c1-3-28-18-10-14(9-16(22)20(18)29-12-19(25)26)8-15(11-23)21(27)24-17-7-5-4-6-13(17)2/h8-10,13,17H,3-7,12H2,1-2H3,(H,24,27)(H,25,26)/b15-8+/t13-,17-/m0/s1. The molecule has 0 radical (unpaired) electrons. The van der Waals surface area contributed by atoms with Crippen molar-refractivity contribution < 1.29 is 24.2 Å². The Morgan fingerprint density at radius 1 is 1.34 bits per heavy atom. The number of ether oxygens (including phenoxy) is 2. The fraction of sp³-hybridized carbons (Fsp3) is 0.476. The van der Waals surface area contributed by atoms with Gasteiger partial charge in [0.15, 0.2) is 18.1 Å². The average molecular weight is 512 g/mol. The Kier molecular flexibility index (Phi) is 8.76. The third-order valence-corrected chi connectivity index (χ3v) is 5.58. The van der Waals surface area contributed by atoms with Crippen LogP contribution in [0.15, 0.2) is 17.7 Å². The molecular formula is C21H25IN2O5. The summed E-state index contributed by atoms with van der Waals surface area (Å²) in [5.74, 6) is -0.390. The molecule has 0 spiro atoms. The van der Waals surface area contributed by atoms with Crippen molar-refractivity contribution in [3.63, 3.8) is 0 Å². The zero-order valence-corrected chi connectivity index (χ0v) is 18.7. The topological polar surface area (TPSA) is 109 Å². The van der Waals surface area contributed by atoms with Crippen molar-refractivity contribution in [1.29, 1.82) is 5.26 Å². The first-order chi connectivity index (χ1) is 13.8. The lowest BCUT2D eigenvalue weighted by Crippen LogP contribution is -2.41. The van der Waals surface area contributed by atoms with E-state index in [2.05, 4.69) is 12.2 Å². The summed E-state index contributed by atoms with van der Waals surface area (Å²) in [5.41, 5.74) is 0.615. The number of aliphatic carboxylic acids is 1. The first kappa shape index (κ1) is 23.0. The van der Waals surface area contributed by atoms with Crippen LogP contribution in [0.5, 0.6) is 11.5 Å². The van der Waals surface area contributed by atoms with Crippen molar-refractivity contribution >= 4 is 40.5 Å². The van der Waals surface area contributed by atoms with E-state index in [0.29, 0.717) is 33.2 Å². The molecule has 0 bridgehead atoms. The van der Waals surface area contributed by atoms with Gasteiger partial charge in [-0.05, 0) is 72.0 Å². The van der Waals surface area contributed by atoms with Crippen LogP contribution in [0.4, 0.5) is 0 Å². The van der Waals surface area contributed by atoms with Gasteiger partial charge in [0.1, 0.15) is 11.6 Å². The van der Waals surface area contributed by atoms with Gasteiger partial charge in [0, 0.05) is 6.04 Å². The maximum absolute atomic E-state index is 12.6. The normalized spacial score (nSPS) is 19.2. The van der Waals surface area contributed by atoms with Crippen molar-refractivity contribution in [2.24, 2.45) is 5.92 Å². The summed E-state index contributed by atoms with van der Waals surface area (Å²) in [6.07, 6.45) is 5.75. The molecule has 0 aliphatic heterocycles. The Bertz CT molecular complexity index is 831. The number of carbonyl (C=O) groups is 2. The Morgan fingerprint density at radius 2 is 2.07 bits per heavy atom. The summed E-state index contributed by atoms with van der Waals surface area (Å²) < 4.78 is 11.5. The summed E-state index contributed by atoms with van der Waals surface area (Å²) in [6.45, 7) is 3.79. The maximum Gasteiger partial charge on any atom is 0.341 e. The zero-order valence-electron chi connectivity index (χ0n) is 16.5. The molecule has 29 heavy (non-hydrogen) atoms. The largest absolute Gasteiger partial charge is 0.490 e. The third kappa shape index (κ3) is 6.63. The second-order valence-corrected chi connectivity index (χ2v) is 8.12. The molecular weight excluding hydrogens is 487 g/mol. The number of carbonyl (C=O) groups excluding carboxylic acids is 1. The number of nitrogens with zero attached hydrogens (tertiary/aromatic N) is 1. The number of halogens is 1. The first-order valence-corrected chi connectivity index (χ1v) is 10.7. The monoisotopic (exact) mass is 512 g/mol. The summed E-state index contributed by atoms with van der Waals surface area (Å²) in [4.78, 5) is 23.4. The fourth-order valence-electron chi connectivity index (χ4n) is 3.30. The molecule has 2 N–H and O–H groups in total. The predicted octanol–water partition coefficient (Wildman–Crippen LogP) is 3.76. The SMILES string of the molecule is CCOc1cc(/C=C(\C#N)C(=O)N[C@H]2CCCC[C@@H]2C)cc(I)c1OCC(=O)O. The number of benzene rings is 1. The van der Waals surface area contributed by atoms with Crippen LogP contribution in [0.25, 0.3) is 6.08 Å². The lowest BCUT2D eigenvalue weighted by Gasteiger charge is -2.29. The number of hydrogen-bond donors (Lipinski definition) is 2. The van der Waals surface area contributed by atoms with E-state index >= 15 is 0 Å². The van der Waals surface area contributed by atoms with Gasteiger partial charge in [0.2, 0.25) is 0 Å². The quantitative estimate of drug-likeness (QED) is 0.312. The van der Waals surface area contributed by atoms with Crippen LogP contribution < -0.4 is 14.8 Å². The second-order valence-electron chi connectivity index (χ2n) is 6.96. The number of hydrogen-bond acceptors (Lipinski definition) is 5. The third-order valence-electron chi connectivity index (χ3n) is 4.78. The molecule has 1 aliphatic carbocycles. The van der Waals surface area contributed by atoms with Gasteiger partial charge in [-0.25, -0.2) is 4.79 Å². The van der Waals surface area contributed by atoms with Crippen molar-refractivity contribution in [2.45, 2.75) is 45.6 Å². The van der Waals surface area contributed by atoms with Gasteiger partial charge in [-0.15, -0.1) is 0 Å². The van der Waals surface area contributed by atoms with Crippen LogP contribution >= 0.6 is 22.6 Å². The van der Waals surface area contributed by atoms with E-state index in [1.807, 2.05) is 28.7 Å². The van der Waals surface area contributed by atoms with Gasteiger partial charge >= 0.3 is 5.97 Å². The first-order valence-electron chi connectivity index (χ1n) is 9.59. The van der Waals surface area contributed by atoms with Gasteiger partial charge < -0.3 is 19.9 Å². The average Bonchev–Trinajstić information content (AvgIpc) is 2.67. The molecule has 1 amide bonds. The molecule has 1 fully saturated rings. The summed E-state index contributed by atoms with van der Waals surface area (Å²) >= 11 is 2.01. The van der Waals surface area contributed by atoms with Gasteiger partial charge in [-0.2, -0.15) is 5.26 Å². The van der Waals surface area contributed by atoms with Crippen molar-refractivity contribution in [3.8, 4) is 17.6 Å². The molecule has 8 heteroatoms. The van der Waals surface area contributed by atoms with Crippen LogP contribution in [0, 0.1) is 20.8 Å². The summed E-state index contributed by atoms with van der Waals surface area (Å²) in [5, 5.41) is 21.3. The Labute approximate surface area is 184 Å². The highest BCUT2D eigenvalue weighted by molar-refractivity contribution is 14.1. The van der Waals surface area contributed by atoms with Gasteiger partial charge in [0.05, 0.1) is 10.2 Å². The molecule has 156 valence electrons. The highest BCUT2D eigenvalue weighted by Gasteiger charge is 2.24. The molecule has 0 aromatic heterocycles. The molecule has 1 aromatic carbocycles. The van der Waals surface area contributed by atoms with E-state index in [4.69, 9.17) is 14.6 Å². The Hall–Kier alpha value is -2.28. The van der Waals surface area contributed by atoms with Crippen LogP contribution in [-0.4, -0.2) is 36.2 Å². The molecule has 1 saturated carbocycles. The van der Waals surface area contributed by atoms with E-state index < -0.39 is 12.6 Å². The van der Waals surface area contributed by atoms with E-state index in [9.17, 15) is 14.9 Å². The lowest BCUT2D eigenvalue weighted by molar-refractivity contribution is -0.139. The number of nitriles is 1. The van der Waals surface area contributed by atoms with Gasteiger partial charge in [0.25, 0.3) is 5.91 Å². The van der Waals surface area contributed by atoms with Crippen molar-refractivity contribution in [2.75, 3.05) is 13.2 Å². The molecule has 7 nitrogen and oxygen atoms in total. The number of nitrogens with one attached hydrogen (secondary N) is 1. The van der Waals surface area contributed by atoms with Crippen LogP contribution in [0.2, 0.25) is 0 Å². The van der Waals surface area contributed by atoms with Crippen LogP contribution in [0.3, 0.4) is 0 Å². The molecule has 1 aromatic rings. The minimum absolute atomic E-state index is 0.0141. The molecule has 0 heterocycles. The predicted molar refractivity (Wildman–Crippen MR) is 117 cm³/mol. The van der Waals surface area contributed by atoms with Gasteiger partial charge in [-0.3, -0.25) is 4.79 Å². The van der Waals surface area contributed by atoms with E-state index in [1.54, 1.807) is 19.1 Å². The smallest absolute Gasteiger partial charge is 0.341 e. The number of carboxylic acids is 1. The minimum atomic E-state index is -1.09. The zero-order chi connectivity index (χ0) is 21.4. The van der Waals surface area contributed by atoms with Crippen LogP contribution in [-0.2, 0) is 9.59 Å². The van der Waals surface area contributed by atoms with Gasteiger partial charge in [-0.1, -0.05) is 19.8 Å². The molecule has 2 atom stereocenters. The minimum Gasteiger partial charge on any atom is -0.490 e. The Morgan fingerprint density at radius 3 is 2.69 bits per heavy atom. The maximum atomic E-state index is 12.6. The highest BCUT2D eigenvalue weighted by Crippen LogP contribution is 2.35. The van der Waals surface area contributed by atoms with Crippen molar-refractivity contribution in [3.05, 3.63) is 26.8 Å². The van der Waals surface area contributed by atoms with Crippen LogP contribution in [0.1, 0.15) is 45.1 Å². The number of carboxylic acid groups (broad SMARTS) is 1. The van der Waals surface area contributed by atoms with E-state index in [-0.39, 0.29) is 17.5 Å². The summed E-state index contributed by atoms with van der Waals surface area (Å²) in [6, 6.07) is 5.41. The second kappa shape index (κ2) is 11.0. The lowest BCUT2D eigenvalue weighted by atomic mass is 9.86. The molecule has 1 aliphatic rings. The summed E-state index contributed by atoms with van der Waals surface area (Å²) in [7, 11) is 0. The fourth-order valence-corrected chi connectivity index (χ4v) is 4.08. The highest BCUT2D eigenvalue weighted by atomic mass is 127. The number of rotatable bonds is 8. The molecule has 2 rings (SSSR count). The molecule has 0 saturated heterocycles. The molecule has 0 unspecified atom stereocenters. The van der Waals surface area contributed by atoms with E-state index in [0.717, 1.165) is 19.3 Å². The van der Waals surface area contributed by atoms with E-state index in [1.165, 1.54) is 12.5 Å².